The molecule has 0 saturated carbocycles. The van der Waals surface area contributed by atoms with Crippen molar-refractivity contribution in [1.29, 1.82) is 0 Å². The van der Waals surface area contributed by atoms with E-state index >= 15 is 0 Å². The monoisotopic (exact) mass is 260 g/mol. The lowest BCUT2D eigenvalue weighted by Crippen LogP contribution is -2.52. The topological polar surface area (TPSA) is 40.6 Å². The Morgan fingerprint density at radius 1 is 1.24 bits per heavy atom. The predicted molar refractivity (Wildman–Crippen MR) is 69.4 cm³/mol. The Hall–Kier alpha value is -0.130. The summed E-state index contributed by atoms with van der Waals surface area (Å²) in [5.41, 5.74) is 0. The summed E-state index contributed by atoms with van der Waals surface area (Å²) in [7, 11) is -3.01. The van der Waals surface area contributed by atoms with Crippen molar-refractivity contribution in [3.8, 4) is 0 Å². The third-order valence-corrected chi connectivity index (χ3v) is 5.77. The highest BCUT2D eigenvalue weighted by atomic mass is 32.2. The predicted octanol–water partition coefficient (Wildman–Crippen LogP) is 1.14. The average Bonchev–Trinajstić information content (AvgIpc) is 2.73. The van der Waals surface area contributed by atoms with Crippen molar-refractivity contribution in [1.82, 2.24) is 9.21 Å². The molecule has 0 spiro atoms. The maximum Gasteiger partial charge on any atom is 0.214 e. The molecule has 0 bridgehead atoms. The van der Waals surface area contributed by atoms with Gasteiger partial charge in [0.2, 0.25) is 10.0 Å². The molecule has 17 heavy (non-hydrogen) atoms. The van der Waals surface area contributed by atoms with Gasteiger partial charge in [0.15, 0.2) is 0 Å². The zero-order valence-electron chi connectivity index (χ0n) is 10.9. The molecule has 0 aromatic rings. The van der Waals surface area contributed by atoms with Crippen molar-refractivity contribution in [2.24, 2.45) is 5.92 Å². The zero-order valence-corrected chi connectivity index (χ0v) is 11.7. The Morgan fingerprint density at radius 2 is 2.00 bits per heavy atom. The SMILES string of the molecule is CC(C)CCS(=O)(=O)N1CCN2CCC[C@H]2C1. The molecule has 2 aliphatic heterocycles. The number of hydrogen-bond donors (Lipinski definition) is 0. The fraction of sp³-hybridized carbons (Fsp3) is 1.00. The number of hydrogen-bond acceptors (Lipinski definition) is 3. The largest absolute Gasteiger partial charge is 0.298 e. The fourth-order valence-corrected chi connectivity index (χ4v) is 4.52. The smallest absolute Gasteiger partial charge is 0.214 e. The van der Waals surface area contributed by atoms with E-state index in [1.54, 1.807) is 4.31 Å². The fourth-order valence-electron chi connectivity index (χ4n) is 2.73. The van der Waals surface area contributed by atoms with Gasteiger partial charge in [0, 0.05) is 25.7 Å². The molecule has 0 aliphatic carbocycles. The average molecular weight is 260 g/mol. The first-order chi connectivity index (χ1) is 7.99. The summed E-state index contributed by atoms with van der Waals surface area (Å²) < 4.78 is 26.1. The molecule has 2 rings (SSSR count). The van der Waals surface area contributed by atoms with E-state index in [-0.39, 0.29) is 0 Å². The Labute approximate surface area is 105 Å². The number of fused-ring (bicyclic) bond motifs is 1. The summed E-state index contributed by atoms with van der Waals surface area (Å²) in [4.78, 5) is 2.44. The standard InChI is InChI=1S/C12H24N2O2S/c1-11(2)5-9-17(15,16)14-8-7-13-6-3-4-12(13)10-14/h11-12H,3-10H2,1-2H3/t12-/m0/s1. The second kappa shape index (κ2) is 5.24. The van der Waals surface area contributed by atoms with Gasteiger partial charge in [-0.3, -0.25) is 4.90 Å². The van der Waals surface area contributed by atoms with Crippen LogP contribution in [0.15, 0.2) is 0 Å². The zero-order chi connectivity index (χ0) is 12.5. The maximum absolute atomic E-state index is 12.2. The molecule has 5 heteroatoms. The van der Waals surface area contributed by atoms with Gasteiger partial charge in [-0.05, 0) is 31.7 Å². The van der Waals surface area contributed by atoms with Crippen LogP contribution in [0.2, 0.25) is 0 Å². The first kappa shape index (κ1) is 13.3. The summed E-state index contributed by atoms with van der Waals surface area (Å²) in [6.07, 6.45) is 3.16. The molecule has 2 fully saturated rings. The van der Waals surface area contributed by atoms with E-state index < -0.39 is 10.0 Å². The molecule has 0 amide bonds. The lowest BCUT2D eigenvalue weighted by Gasteiger charge is -2.36. The molecule has 100 valence electrons. The molecule has 0 aromatic carbocycles. The normalized spacial score (nSPS) is 27.6. The van der Waals surface area contributed by atoms with E-state index in [2.05, 4.69) is 18.7 Å². The number of piperazine rings is 1. The van der Waals surface area contributed by atoms with Gasteiger partial charge in [0.25, 0.3) is 0 Å². The van der Waals surface area contributed by atoms with Crippen LogP contribution in [0.1, 0.15) is 33.1 Å². The molecule has 2 heterocycles. The van der Waals surface area contributed by atoms with Gasteiger partial charge in [0.1, 0.15) is 0 Å². The van der Waals surface area contributed by atoms with Gasteiger partial charge >= 0.3 is 0 Å². The minimum absolute atomic E-state index is 0.317. The summed E-state index contributed by atoms with van der Waals surface area (Å²) in [5, 5.41) is 0. The number of sulfonamides is 1. The molecule has 0 unspecified atom stereocenters. The minimum atomic E-state index is -3.01. The number of rotatable bonds is 4. The van der Waals surface area contributed by atoms with Gasteiger partial charge in [-0.15, -0.1) is 0 Å². The lowest BCUT2D eigenvalue weighted by molar-refractivity contribution is 0.158. The summed E-state index contributed by atoms with van der Waals surface area (Å²) in [5.74, 6) is 0.773. The van der Waals surface area contributed by atoms with Gasteiger partial charge in [-0.1, -0.05) is 13.8 Å². The minimum Gasteiger partial charge on any atom is -0.298 e. The van der Waals surface area contributed by atoms with Crippen molar-refractivity contribution < 1.29 is 8.42 Å². The van der Waals surface area contributed by atoms with Crippen LogP contribution < -0.4 is 0 Å². The highest BCUT2D eigenvalue weighted by Gasteiger charge is 2.35. The van der Waals surface area contributed by atoms with Crippen LogP contribution in [0.25, 0.3) is 0 Å². The van der Waals surface area contributed by atoms with E-state index in [0.29, 0.717) is 24.3 Å². The van der Waals surface area contributed by atoms with Gasteiger partial charge in [0.05, 0.1) is 5.75 Å². The third kappa shape index (κ3) is 3.20. The van der Waals surface area contributed by atoms with Crippen molar-refractivity contribution in [2.45, 2.75) is 39.2 Å². The molecular weight excluding hydrogens is 236 g/mol. The summed E-state index contributed by atoms with van der Waals surface area (Å²) >= 11 is 0. The Bertz CT molecular complexity index is 354. The molecule has 4 nitrogen and oxygen atoms in total. The van der Waals surface area contributed by atoms with Crippen molar-refractivity contribution in [2.75, 3.05) is 31.9 Å². The second-order valence-electron chi connectivity index (χ2n) is 5.69. The Morgan fingerprint density at radius 3 is 2.71 bits per heavy atom. The van der Waals surface area contributed by atoms with E-state index in [1.807, 2.05) is 0 Å². The molecule has 0 aromatic heterocycles. The van der Waals surface area contributed by atoms with Gasteiger partial charge in [-0.25, -0.2) is 8.42 Å². The summed E-state index contributed by atoms with van der Waals surface area (Å²) in [6, 6.07) is 0.484. The second-order valence-corrected chi connectivity index (χ2v) is 7.78. The van der Waals surface area contributed by atoms with Crippen LogP contribution in [0, 0.1) is 5.92 Å². The van der Waals surface area contributed by atoms with E-state index in [4.69, 9.17) is 0 Å². The highest BCUT2D eigenvalue weighted by Crippen LogP contribution is 2.23. The molecule has 1 atom stereocenters. The third-order valence-electron chi connectivity index (χ3n) is 3.90. The van der Waals surface area contributed by atoms with Crippen LogP contribution in [0.3, 0.4) is 0 Å². The molecular formula is C12H24N2O2S. The van der Waals surface area contributed by atoms with Crippen molar-refractivity contribution >= 4 is 10.0 Å². The van der Waals surface area contributed by atoms with E-state index in [1.165, 1.54) is 6.42 Å². The van der Waals surface area contributed by atoms with Crippen LogP contribution in [0.5, 0.6) is 0 Å². The van der Waals surface area contributed by atoms with E-state index in [0.717, 1.165) is 32.5 Å². The lowest BCUT2D eigenvalue weighted by atomic mass is 10.2. The molecule has 2 aliphatic rings. The van der Waals surface area contributed by atoms with E-state index in [9.17, 15) is 8.42 Å². The quantitative estimate of drug-likeness (QED) is 0.761. The van der Waals surface area contributed by atoms with Crippen LogP contribution in [-0.2, 0) is 10.0 Å². The first-order valence-corrected chi connectivity index (χ1v) is 8.32. The molecule has 2 saturated heterocycles. The van der Waals surface area contributed by atoms with Crippen LogP contribution in [-0.4, -0.2) is 55.6 Å². The van der Waals surface area contributed by atoms with Crippen LogP contribution in [0.4, 0.5) is 0 Å². The summed E-state index contributed by atoms with van der Waals surface area (Å²) in [6.45, 7) is 7.64. The number of nitrogens with zero attached hydrogens (tertiary/aromatic N) is 2. The molecule has 0 radical (unpaired) electrons. The van der Waals surface area contributed by atoms with Gasteiger partial charge < -0.3 is 0 Å². The van der Waals surface area contributed by atoms with Gasteiger partial charge in [-0.2, -0.15) is 4.31 Å². The Balaban J connectivity index is 1.93. The Kier molecular flexibility index (Phi) is 4.10. The first-order valence-electron chi connectivity index (χ1n) is 6.71. The van der Waals surface area contributed by atoms with Crippen molar-refractivity contribution in [3.05, 3.63) is 0 Å². The highest BCUT2D eigenvalue weighted by molar-refractivity contribution is 7.89. The molecule has 0 N–H and O–H groups in total. The maximum atomic E-state index is 12.2. The van der Waals surface area contributed by atoms with Crippen LogP contribution >= 0.6 is 0 Å². The van der Waals surface area contributed by atoms with Crippen molar-refractivity contribution in [3.63, 3.8) is 0 Å².